The molecule has 2 N–H and O–H groups in total. The van der Waals surface area contributed by atoms with Crippen molar-refractivity contribution in [2.75, 3.05) is 29.5 Å². The minimum atomic E-state index is -0.574. The molecule has 3 heterocycles. The fraction of sp³-hybridized carbons (Fsp3) is 0.333. The zero-order valence-corrected chi connectivity index (χ0v) is 18.0. The highest BCUT2D eigenvalue weighted by Gasteiger charge is 2.16. The molecule has 1 aromatic carbocycles. The summed E-state index contributed by atoms with van der Waals surface area (Å²) in [5, 5.41) is 16.6. The lowest BCUT2D eigenvalue weighted by Crippen LogP contribution is -2.18. The number of benzene rings is 1. The van der Waals surface area contributed by atoms with Gasteiger partial charge in [-0.2, -0.15) is 0 Å². The van der Waals surface area contributed by atoms with Crippen LogP contribution in [0.15, 0.2) is 27.9 Å². The molecule has 0 aliphatic carbocycles. The first kappa shape index (κ1) is 21.1. The van der Waals surface area contributed by atoms with E-state index in [2.05, 4.69) is 25.8 Å². The second-order valence-corrected chi connectivity index (χ2v) is 9.45. The van der Waals surface area contributed by atoms with Crippen LogP contribution in [0, 0.1) is 11.6 Å². The minimum absolute atomic E-state index is 0.0537. The van der Waals surface area contributed by atoms with E-state index in [1.807, 2.05) is 0 Å². The predicted octanol–water partition coefficient (Wildman–Crippen LogP) is 4.26. The number of hydrogen-bond acceptors (Lipinski definition) is 9. The Kier molecular flexibility index (Phi) is 6.87. The van der Waals surface area contributed by atoms with Crippen molar-refractivity contribution in [3.05, 3.63) is 35.2 Å². The van der Waals surface area contributed by atoms with Crippen LogP contribution < -0.4 is 10.6 Å². The predicted molar refractivity (Wildman–Crippen MR) is 114 cm³/mol. The summed E-state index contributed by atoms with van der Waals surface area (Å²) in [5.41, 5.74) is 0.323. The third-order valence-electron chi connectivity index (χ3n) is 4.19. The van der Waals surface area contributed by atoms with Gasteiger partial charge in [0.1, 0.15) is 11.6 Å². The maximum atomic E-state index is 13.9. The highest BCUT2D eigenvalue weighted by molar-refractivity contribution is 8.01. The van der Waals surface area contributed by atoms with Crippen molar-refractivity contribution >= 4 is 50.6 Å². The molecule has 1 amide bonds. The largest absolute Gasteiger partial charge is 0.376 e. The maximum absolute atomic E-state index is 13.9. The van der Waals surface area contributed by atoms with Crippen LogP contribution in [0.2, 0.25) is 0 Å². The van der Waals surface area contributed by atoms with Gasteiger partial charge >= 0.3 is 0 Å². The SMILES string of the molecule is O=C(CSc1nnc(NCC2CCCO2)s1)Nc1nc(-c2cc(F)ccc2F)cs1. The Morgan fingerprint density at radius 1 is 1.30 bits per heavy atom. The molecule has 1 aliphatic rings. The number of halogens is 2. The number of anilines is 2. The molecule has 158 valence electrons. The van der Waals surface area contributed by atoms with Crippen LogP contribution in [0.4, 0.5) is 19.0 Å². The second-order valence-electron chi connectivity index (χ2n) is 6.39. The Morgan fingerprint density at radius 3 is 3.03 bits per heavy atom. The first-order valence-electron chi connectivity index (χ1n) is 9.09. The van der Waals surface area contributed by atoms with Crippen LogP contribution >= 0.6 is 34.4 Å². The summed E-state index contributed by atoms with van der Waals surface area (Å²) in [6.45, 7) is 1.49. The van der Waals surface area contributed by atoms with E-state index in [-0.39, 0.29) is 29.0 Å². The van der Waals surface area contributed by atoms with Crippen LogP contribution in [0.3, 0.4) is 0 Å². The summed E-state index contributed by atoms with van der Waals surface area (Å²) >= 11 is 3.78. The Balaban J connectivity index is 1.26. The summed E-state index contributed by atoms with van der Waals surface area (Å²) in [7, 11) is 0. The molecule has 1 saturated heterocycles. The average Bonchev–Trinajstić information content (AvgIpc) is 3.49. The van der Waals surface area contributed by atoms with E-state index in [1.165, 1.54) is 23.1 Å². The highest BCUT2D eigenvalue weighted by Crippen LogP contribution is 2.29. The second kappa shape index (κ2) is 9.77. The lowest BCUT2D eigenvalue weighted by Gasteiger charge is -2.08. The molecule has 1 atom stereocenters. The minimum Gasteiger partial charge on any atom is -0.376 e. The van der Waals surface area contributed by atoms with Gasteiger partial charge in [0.15, 0.2) is 9.47 Å². The Labute approximate surface area is 183 Å². The van der Waals surface area contributed by atoms with E-state index < -0.39 is 11.6 Å². The molecule has 4 rings (SSSR count). The molecule has 0 saturated carbocycles. The fourth-order valence-electron chi connectivity index (χ4n) is 2.78. The van der Waals surface area contributed by atoms with E-state index in [4.69, 9.17) is 4.74 Å². The molecule has 3 aromatic rings. The molecule has 12 heteroatoms. The van der Waals surface area contributed by atoms with Crippen molar-refractivity contribution in [1.82, 2.24) is 15.2 Å². The van der Waals surface area contributed by atoms with Gasteiger partial charge in [0, 0.05) is 24.1 Å². The molecule has 7 nitrogen and oxygen atoms in total. The molecule has 0 radical (unpaired) electrons. The van der Waals surface area contributed by atoms with Gasteiger partial charge in [-0.1, -0.05) is 23.1 Å². The Hall–Kier alpha value is -2.15. The summed E-state index contributed by atoms with van der Waals surface area (Å²) in [6, 6.07) is 3.17. The number of carbonyl (C=O) groups excluding carboxylic acids is 1. The third-order valence-corrected chi connectivity index (χ3v) is 6.97. The molecule has 30 heavy (non-hydrogen) atoms. The van der Waals surface area contributed by atoms with Crippen molar-refractivity contribution in [3.63, 3.8) is 0 Å². The van der Waals surface area contributed by atoms with Gasteiger partial charge in [-0.3, -0.25) is 4.79 Å². The van der Waals surface area contributed by atoms with E-state index in [0.717, 1.165) is 49.0 Å². The van der Waals surface area contributed by atoms with Gasteiger partial charge in [-0.15, -0.1) is 21.5 Å². The lowest BCUT2D eigenvalue weighted by molar-refractivity contribution is -0.113. The van der Waals surface area contributed by atoms with Crippen molar-refractivity contribution in [3.8, 4) is 11.3 Å². The summed E-state index contributed by atoms with van der Waals surface area (Å²) in [4.78, 5) is 16.4. The Bertz CT molecular complexity index is 1020. The number of ether oxygens (including phenoxy) is 1. The van der Waals surface area contributed by atoms with Gasteiger partial charge < -0.3 is 15.4 Å². The van der Waals surface area contributed by atoms with Gasteiger partial charge in [-0.05, 0) is 31.0 Å². The van der Waals surface area contributed by atoms with Crippen LogP contribution in [-0.4, -0.2) is 46.1 Å². The number of thiazole rings is 1. The highest BCUT2D eigenvalue weighted by atomic mass is 32.2. The van der Waals surface area contributed by atoms with Crippen LogP contribution in [0.1, 0.15) is 12.8 Å². The van der Waals surface area contributed by atoms with Crippen LogP contribution in [0.25, 0.3) is 11.3 Å². The van der Waals surface area contributed by atoms with Gasteiger partial charge in [-0.25, -0.2) is 13.8 Å². The molecular weight excluding hydrogens is 452 g/mol. The van der Waals surface area contributed by atoms with Gasteiger partial charge in [0.05, 0.1) is 17.6 Å². The summed E-state index contributed by atoms with van der Waals surface area (Å²) < 4.78 is 33.4. The number of rotatable bonds is 8. The van der Waals surface area contributed by atoms with Crippen molar-refractivity contribution in [1.29, 1.82) is 0 Å². The monoisotopic (exact) mass is 469 g/mol. The normalized spacial score (nSPS) is 16.0. The first-order valence-corrected chi connectivity index (χ1v) is 11.8. The fourth-order valence-corrected chi connectivity index (χ4v) is 5.06. The molecular formula is C18H17F2N5O2S3. The van der Waals surface area contributed by atoms with Crippen LogP contribution in [0.5, 0.6) is 0 Å². The zero-order chi connectivity index (χ0) is 20.9. The first-order chi connectivity index (χ1) is 14.6. The van der Waals surface area contributed by atoms with E-state index >= 15 is 0 Å². The molecule has 0 spiro atoms. The molecule has 2 aromatic heterocycles. The molecule has 1 aliphatic heterocycles. The quantitative estimate of drug-likeness (QED) is 0.477. The lowest BCUT2D eigenvalue weighted by atomic mass is 10.1. The smallest absolute Gasteiger partial charge is 0.236 e. The standard InChI is InChI=1S/C18H17F2N5O2S3/c19-10-3-4-13(20)12(6-10)14-8-28-17(22-14)23-15(26)9-29-18-25-24-16(30-18)21-7-11-2-1-5-27-11/h3-4,6,8,11H,1-2,5,7,9H2,(H,21,24)(H,22,23,26). The summed E-state index contributed by atoms with van der Waals surface area (Å²) in [6.07, 6.45) is 2.33. The number of hydrogen-bond donors (Lipinski definition) is 2. The summed E-state index contributed by atoms with van der Waals surface area (Å²) in [5.74, 6) is -1.27. The topological polar surface area (TPSA) is 89.0 Å². The number of thioether (sulfide) groups is 1. The van der Waals surface area contributed by atoms with E-state index in [9.17, 15) is 13.6 Å². The van der Waals surface area contributed by atoms with Crippen molar-refractivity contribution in [2.45, 2.75) is 23.3 Å². The molecule has 1 unspecified atom stereocenters. The third kappa shape index (κ3) is 5.50. The van der Waals surface area contributed by atoms with Crippen molar-refractivity contribution in [2.24, 2.45) is 0 Å². The van der Waals surface area contributed by atoms with Crippen LogP contribution in [-0.2, 0) is 9.53 Å². The Morgan fingerprint density at radius 2 is 2.20 bits per heavy atom. The number of nitrogens with zero attached hydrogens (tertiary/aromatic N) is 3. The number of carbonyl (C=O) groups is 1. The molecule has 1 fully saturated rings. The van der Waals surface area contributed by atoms with Crippen molar-refractivity contribution < 1.29 is 18.3 Å². The van der Waals surface area contributed by atoms with Gasteiger partial charge in [0.2, 0.25) is 11.0 Å². The number of aromatic nitrogens is 3. The number of amides is 1. The average molecular weight is 470 g/mol. The maximum Gasteiger partial charge on any atom is 0.236 e. The van der Waals surface area contributed by atoms with Gasteiger partial charge in [0.25, 0.3) is 0 Å². The molecule has 0 bridgehead atoms. The van der Waals surface area contributed by atoms with E-state index in [1.54, 1.807) is 5.38 Å². The number of nitrogens with one attached hydrogen (secondary N) is 2. The zero-order valence-electron chi connectivity index (χ0n) is 15.6. The van der Waals surface area contributed by atoms with E-state index in [0.29, 0.717) is 21.1 Å².